The van der Waals surface area contributed by atoms with Crippen LogP contribution in [0.25, 0.3) is 0 Å². The molecule has 3 aromatic carbocycles. The zero-order chi connectivity index (χ0) is 24.3. The predicted molar refractivity (Wildman–Crippen MR) is 132 cm³/mol. The summed E-state index contributed by atoms with van der Waals surface area (Å²) in [5.41, 5.74) is 2.94. The summed E-state index contributed by atoms with van der Waals surface area (Å²) in [4.78, 5) is 26.9. The van der Waals surface area contributed by atoms with Crippen LogP contribution in [0.1, 0.15) is 47.8 Å². The summed E-state index contributed by atoms with van der Waals surface area (Å²) in [5, 5.41) is 2.92. The molecule has 0 fully saturated rings. The van der Waals surface area contributed by atoms with Crippen LogP contribution in [0.3, 0.4) is 0 Å². The molecular formula is C26H27N3O4S. The lowest BCUT2D eigenvalue weighted by atomic mass is 10.1. The second-order valence-electron chi connectivity index (χ2n) is 8.20. The number of hydrogen-bond acceptors (Lipinski definition) is 4. The molecule has 0 radical (unpaired) electrons. The SMILES string of the molecule is CCC(=O)N1CCc2cc(S(=O)(=O)Nc3ccccc3C(=O)N[C@H](C)c3ccccc3)ccc21. The molecule has 3 aromatic rings. The summed E-state index contributed by atoms with van der Waals surface area (Å²) >= 11 is 0. The van der Waals surface area contributed by atoms with Crippen LogP contribution in [-0.2, 0) is 21.2 Å². The molecule has 0 spiro atoms. The van der Waals surface area contributed by atoms with Gasteiger partial charge in [-0.1, -0.05) is 49.4 Å². The Morgan fingerprint density at radius 3 is 2.44 bits per heavy atom. The minimum atomic E-state index is -3.95. The Bertz CT molecular complexity index is 1320. The monoisotopic (exact) mass is 477 g/mol. The van der Waals surface area contributed by atoms with Crippen molar-refractivity contribution in [3.05, 3.63) is 89.5 Å². The molecule has 1 heterocycles. The highest BCUT2D eigenvalue weighted by Gasteiger charge is 2.26. The number of anilines is 2. The number of carbonyl (C=O) groups is 2. The Labute approximate surface area is 199 Å². The van der Waals surface area contributed by atoms with Crippen LogP contribution in [0.2, 0.25) is 0 Å². The lowest BCUT2D eigenvalue weighted by Crippen LogP contribution is -2.28. The number of nitrogens with zero attached hydrogens (tertiary/aromatic N) is 1. The number of benzene rings is 3. The summed E-state index contributed by atoms with van der Waals surface area (Å²) < 4.78 is 28.9. The van der Waals surface area contributed by atoms with Gasteiger partial charge in [0.1, 0.15) is 0 Å². The number of hydrogen-bond donors (Lipinski definition) is 2. The molecule has 1 aliphatic heterocycles. The van der Waals surface area contributed by atoms with Gasteiger partial charge in [0.15, 0.2) is 0 Å². The lowest BCUT2D eigenvalue weighted by Gasteiger charge is -2.18. The molecule has 34 heavy (non-hydrogen) atoms. The van der Waals surface area contributed by atoms with Crippen LogP contribution >= 0.6 is 0 Å². The summed E-state index contributed by atoms with van der Waals surface area (Å²) in [6.45, 7) is 4.22. The van der Waals surface area contributed by atoms with Crippen molar-refractivity contribution >= 4 is 33.2 Å². The van der Waals surface area contributed by atoms with E-state index in [2.05, 4.69) is 10.0 Å². The molecular weight excluding hydrogens is 450 g/mol. The maximum Gasteiger partial charge on any atom is 0.261 e. The first-order chi connectivity index (χ1) is 16.3. The molecule has 0 unspecified atom stereocenters. The topological polar surface area (TPSA) is 95.6 Å². The van der Waals surface area contributed by atoms with Gasteiger partial charge >= 0.3 is 0 Å². The Morgan fingerprint density at radius 1 is 1.00 bits per heavy atom. The zero-order valence-corrected chi connectivity index (χ0v) is 19.9. The molecule has 1 atom stereocenters. The minimum Gasteiger partial charge on any atom is -0.345 e. The summed E-state index contributed by atoms with van der Waals surface area (Å²) in [5.74, 6) is -0.366. The highest BCUT2D eigenvalue weighted by molar-refractivity contribution is 7.92. The van der Waals surface area contributed by atoms with Crippen molar-refractivity contribution in [3.63, 3.8) is 0 Å². The van der Waals surface area contributed by atoms with E-state index < -0.39 is 10.0 Å². The first-order valence-corrected chi connectivity index (χ1v) is 12.7. The van der Waals surface area contributed by atoms with Crippen LogP contribution < -0.4 is 14.9 Å². The van der Waals surface area contributed by atoms with Crippen LogP contribution in [0, 0.1) is 0 Å². The van der Waals surface area contributed by atoms with Crippen molar-refractivity contribution in [2.75, 3.05) is 16.2 Å². The Balaban J connectivity index is 1.55. The van der Waals surface area contributed by atoms with Crippen molar-refractivity contribution in [1.82, 2.24) is 5.32 Å². The van der Waals surface area contributed by atoms with Crippen molar-refractivity contribution in [2.45, 2.75) is 37.6 Å². The van der Waals surface area contributed by atoms with E-state index in [0.29, 0.717) is 19.4 Å². The molecule has 2 amide bonds. The smallest absolute Gasteiger partial charge is 0.261 e. The molecule has 0 saturated carbocycles. The fraction of sp³-hybridized carbons (Fsp3) is 0.231. The Morgan fingerprint density at radius 2 is 1.71 bits per heavy atom. The van der Waals surface area contributed by atoms with Crippen LogP contribution in [0.5, 0.6) is 0 Å². The van der Waals surface area contributed by atoms with Gasteiger partial charge in [0.05, 0.1) is 22.2 Å². The van der Waals surface area contributed by atoms with Crippen molar-refractivity contribution in [3.8, 4) is 0 Å². The molecule has 176 valence electrons. The Hall–Kier alpha value is -3.65. The molecule has 7 nitrogen and oxygen atoms in total. The van der Waals surface area contributed by atoms with E-state index in [9.17, 15) is 18.0 Å². The third-order valence-corrected chi connectivity index (χ3v) is 7.29. The summed E-state index contributed by atoms with van der Waals surface area (Å²) in [6, 6.07) is 20.6. The van der Waals surface area contributed by atoms with E-state index in [0.717, 1.165) is 16.8 Å². The molecule has 0 saturated heterocycles. The van der Waals surface area contributed by atoms with Gasteiger partial charge in [-0.3, -0.25) is 14.3 Å². The largest absolute Gasteiger partial charge is 0.345 e. The normalized spacial score (nSPS) is 13.8. The third-order valence-electron chi connectivity index (χ3n) is 5.92. The molecule has 0 aliphatic carbocycles. The average molecular weight is 478 g/mol. The van der Waals surface area contributed by atoms with Gasteiger partial charge in [0, 0.05) is 18.7 Å². The van der Waals surface area contributed by atoms with Crippen LogP contribution in [0.15, 0.2) is 77.7 Å². The van der Waals surface area contributed by atoms with Gasteiger partial charge in [0.2, 0.25) is 5.91 Å². The number of rotatable bonds is 7. The van der Waals surface area contributed by atoms with Gasteiger partial charge in [-0.05, 0) is 54.8 Å². The maximum absolute atomic E-state index is 13.2. The van der Waals surface area contributed by atoms with E-state index in [-0.39, 0.29) is 34.0 Å². The van der Waals surface area contributed by atoms with E-state index in [1.54, 1.807) is 48.2 Å². The summed E-state index contributed by atoms with van der Waals surface area (Å²) in [6.07, 6.45) is 0.990. The first-order valence-electron chi connectivity index (χ1n) is 11.2. The average Bonchev–Trinajstić information content (AvgIpc) is 3.27. The first kappa shape index (κ1) is 23.5. The van der Waals surface area contributed by atoms with Gasteiger partial charge in [-0.15, -0.1) is 0 Å². The molecule has 8 heteroatoms. The van der Waals surface area contributed by atoms with E-state index in [4.69, 9.17) is 0 Å². The molecule has 0 bridgehead atoms. The zero-order valence-electron chi connectivity index (χ0n) is 19.1. The number of fused-ring (bicyclic) bond motifs is 1. The minimum absolute atomic E-state index is 0.0113. The standard InChI is InChI=1S/C26H27N3O4S/c1-3-25(30)29-16-15-20-17-21(13-14-24(20)29)34(32,33)28-23-12-8-7-11-22(23)26(31)27-18(2)19-9-5-4-6-10-19/h4-14,17-18,28H,3,15-16H2,1-2H3,(H,27,31)/t18-/m1/s1. The second-order valence-corrected chi connectivity index (χ2v) is 9.88. The third kappa shape index (κ3) is 4.82. The number of sulfonamides is 1. The van der Waals surface area contributed by atoms with E-state index in [1.165, 1.54) is 6.07 Å². The van der Waals surface area contributed by atoms with Crippen molar-refractivity contribution in [2.24, 2.45) is 0 Å². The predicted octanol–water partition coefficient (Wildman–Crippen LogP) is 4.28. The van der Waals surface area contributed by atoms with Crippen molar-refractivity contribution in [1.29, 1.82) is 0 Å². The number of amides is 2. The highest BCUT2D eigenvalue weighted by atomic mass is 32.2. The molecule has 4 rings (SSSR count). The molecule has 0 aromatic heterocycles. The van der Waals surface area contributed by atoms with Crippen molar-refractivity contribution < 1.29 is 18.0 Å². The van der Waals surface area contributed by atoms with Gasteiger partial charge < -0.3 is 10.2 Å². The molecule has 1 aliphatic rings. The number of carbonyl (C=O) groups excluding carboxylic acids is 2. The van der Waals surface area contributed by atoms with Gasteiger partial charge in [-0.2, -0.15) is 0 Å². The second kappa shape index (κ2) is 9.69. The fourth-order valence-corrected chi connectivity index (χ4v) is 5.20. The van der Waals surface area contributed by atoms with Gasteiger partial charge in [-0.25, -0.2) is 8.42 Å². The maximum atomic E-state index is 13.2. The van der Waals surface area contributed by atoms with Gasteiger partial charge in [0.25, 0.3) is 15.9 Å². The van der Waals surface area contributed by atoms with Crippen LogP contribution in [-0.4, -0.2) is 26.8 Å². The van der Waals surface area contributed by atoms with E-state index >= 15 is 0 Å². The molecule has 2 N–H and O–H groups in total. The van der Waals surface area contributed by atoms with E-state index in [1.807, 2.05) is 37.3 Å². The number of para-hydroxylation sites is 1. The Kier molecular flexibility index (Phi) is 6.70. The van der Waals surface area contributed by atoms with Crippen LogP contribution in [0.4, 0.5) is 11.4 Å². The fourth-order valence-electron chi connectivity index (χ4n) is 4.07. The quantitative estimate of drug-likeness (QED) is 0.531. The summed E-state index contributed by atoms with van der Waals surface area (Å²) in [7, 11) is -3.95. The number of nitrogens with one attached hydrogen (secondary N) is 2. The lowest BCUT2D eigenvalue weighted by molar-refractivity contribution is -0.118. The highest BCUT2D eigenvalue weighted by Crippen LogP contribution is 2.31.